The van der Waals surface area contributed by atoms with Gasteiger partial charge in [-0.3, -0.25) is 4.79 Å². The molecule has 0 aliphatic carbocycles. The van der Waals surface area contributed by atoms with Crippen LogP contribution in [0.1, 0.15) is 35.3 Å². The summed E-state index contributed by atoms with van der Waals surface area (Å²) in [7, 11) is 0. The number of nitrogens with zero attached hydrogens (tertiary/aromatic N) is 3. The maximum Gasteiger partial charge on any atom is 0.225 e. The molecular weight excluding hydrogens is 412 g/mol. The smallest absolute Gasteiger partial charge is 0.225 e. The first-order valence-corrected chi connectivity index (χ1v) is 11.2. The molecule has 0 aliphatic rings. The van der Waals surface area contributed by atoms with Crippen LogP contribution in [0.5, 0.6) is 0 Å². The van der Waals surface area contributed by atoms with E-state index in [1.165, 1.54) is 0 Å². The summed E-state index contributed by atoms with van der Waals surface area (Å²) >= 11 is 0. The molecule has 0 fully saturated rings. The molecule has 0 bridgehead atoms. The highest BCUT2D eigenvalue weighted by molar-refractivity contribution is 5.97. The summed E-state index contributed by atoms with van der Waals surface area (Å²) in [4.78, 5) is 21.2. The minimum Gasteiger partial charge on any atom is -0.460 e. The van der Waals surface area contributed by atoms with Gasteiger partial charge in [-0.2, -0.15) is 0 Å². The molecule has 0 unspecified atom stereocenters. The molecular formula is C27H26N4O2. The standard InChI is InChI=1S/C27H26N4O2/c1-4-24-30-26-16(2)13-17(3)29-27(26)31(24)15-18-9-11-19(12-10-18)25-20-7-5-6-8-21(20)33-22(25)14-23(28)32/h5-13H,4,14-15H2,1-3H3,(H2,28,32). The highest BCUT2D eigenvalue weighted by Gasteiger charge is 2.18. The van der Waals surface area contributed by atoms with Crippen LogP contribution in [0.2, 0.25) is 0 Å². The highest BCUT2D eigenvalue weighted by Crippen LogP contribution is 2.35. The molecule has 33 heavy (non-hydrogen) atoms. The number of rotatable bonds is 6. The summed E-state index contributed by atoms with van der Waals surface area (Å²) in [5.74, 6) is 1.21. The number of hydrogen-bond acceptors (Lipinski definition) is 4. The van der Waals surface area contributed by atoms with E-state index in [0.29, 0.717) is 12.3 Å². The Hall–Kier alpha value is -3.93. The number of carbonyl (C=O) groups excluding carboxylic acids is 1. The summed E-state index contributed by atoms with van der Waals surface area (Å²) in [6.45, 7) is 6.91. The largest absolute Gasteiger partial charge is 0.460 e. The number of aryl methyl sites for hydroxylation is 3. The van der Waals surface area contributed by atoms with E-state index >= 15 is 0 Å². The van der Waals surface area contributed by atoms with Crippen molar-refractivity contribution in [1.29, 1.82) is 0 Å². The zero-order valence-corrected chi connectivity index (χ0v) is 19.1. The van der Waals surface area contributed by atoms with Crippen molar-refractivity contribution in [3.05, 3.63) is 83.0 Å². The Balaban J connectivity index is 1.54. The van der Waals surface area contributed by atoms with Gasteiger partial charge in [-0.15, -0.1) is 0 Å². The first-order valence-electron chi connectivity index (χ1n) is 11.2. The lowest BCUT2D eigenvalue weighted by Gasteiger charge is -2.10. The van der Waals surface area contributed by atoms with Gasteiger partial charge in [0, 0.05) is 23.1 Å². The summed E-state index contributed by atoms with van der Waals surface area (Å²) in [5.41, 5.74) is 13.3. The fourth-order valence-corrected chi connectivity index (χ4v) is 4.54. The molecule has 2 aromatic carbocycles. The number of amides is 1. The van der Waals surface area contributed by atoms with Gasteiger partial charge < -0.3 is 14.7 Å². The van der Waals surface area contributed by atoms with E-state index in [4.69, 9.17) is 20.1 Å². The lowest BCUT2D eigenvalue weighted by Crippen LogP contribution is -2.13. The van der Waals surface area contributed by atoms with E-state index < -0.39 is 5.91 Å². The van der Waals surface area contributed by atoms with E-state index in [1.807, 2.05) is 31.2 Å². The fourth-order valence-electron chi connectivity index (χ4n) is 4.54. The van der Waals surface area contributed by atoms with Crippen molar-refractivity contribution in [1.82, 2.24) is 14.5 Å². The van der Waals surface area contributed by atoms with Gasteiger partial charge in [-0.1, -0.05) is 49.4 Å². The number of para-hydroxylation sites is 1. The fraction of sp³-hybridized carbons (Fsp3) is 0.222. The van der Waals surface area contributed by atoms with Crippen molar-refractivity contribution in [2.75, 3.05) is 0 Å². The third kappa shape index (κ3) is 3.78. The SMILES string of the molecule is CCc1nc2c(C)cc(C)nc2n1Cc1ccc(-c2c(CC(N)=O)oc3ccccc23)cc1. The molecule has 166 valence electrons. The zero-order valence-electron chi connectivity index (χ0n) is 19.1. The van der Waals surface area contributed by atoms with Crippen LogP contribution >= 0.6 is 0 Å². The molecule has 0 saturated heterocycles. The van der Waals surface area contributed by atoms with Crippen LogP contribution in [-0.4, -0.2) is 20.4 Å². The molecule has 2 N–H and O–H groups in total. The maximum absolute atomic E-state index is 11.6. The average Bonchev–Trinajstić information content (AvgIpc) is 3.32. The van der Waals surface area contributed by atoms with E-state index in [0.717, 1.165) is 62.3 Å². The van der Waals surface area contributed by atoms with Gasteiger partial charge in [-0.05, 0) is 42.7 Å². The van der Waals surface area contributed by atoms with E-state index in [-0.39, 0.29) is 6.42 Å². The van der Waals surface area contributed by atoms with Crippen LogP contribution in [-0.2, 0) is 24.2 Å². The van der Waals surface area contributed by atoms with E-state index in [1.54, 1.807) is 0 Å². The molecule has 0 aliphatic heterocycles. The molecule has 6 nitrogen and oxygen atoms in total. The maximum atomic E-state index is 11.6. The molecule has 1 amide bonds. The third-order valence-electron chi connectivity index (χ3n) is 6.00. The number of hydrogen-bond donors (Lipinski definition) is 1. The van der Waals surface area contributed by atoms with Crippen LogP contribution in [0.3, 0.4) is 0 Å². The second-order valence-corrected chi connectivity index (χ2v) is 8.46. The Morgan fingerprint density at radius 3 is 2.55 bits per heavy atom. The number of pyridine rings is 1. The zero-order chi connectivity index (χ0) is 23.1. The van der Waals surface area contributed by atoms with Crippen molar-refractivity contribution in [2.24, 2.45) is 5.73 Å². The number of nitrogens with two attached hydrogens (primary N) is 1. The van der Waals surface area contributed by atoms with Crippen LogP contribution in [0, 0.1) is 13.8 Å². The highest BCUT2D eigenvalue weighted by atomic mass is 16.3. The second-order valence-electron chi connectivity index (χ2n) is 8.46. The predicted molar refractivity (Wildman–Crippen MR) is 130 cm³/mol. The Bertz CT molecular complexity index is 1490. The van der Waals surface area contributed by atoms with Crippen molar-refractivity contribution in [2.45, 2.75) is 40.2 Å². The van der Waals surface area contributed by atoms with Gasteiger partial charge in [0.1, 0.15) is 22.7 Å². The third-order valence-corrected chi connectivity index (χ3v) is 6.00. The molecule has 0 atom stereocenters. The molecule has 3 heterocycles. The molecule has 0 radical (unpaired) electrons. The van der Waals surface area contributed by atoms with Gasteiger partial charge in [-0.25, -0.2) is 9.97 Å². The number of carbonyl (C=O) groups is 1. The van der Waals surface area contributed by atoms with Gasteiger partial charge in [0.15, 0.2) is 5.65 Å². The Kier molecular flexibility index (Phi) is 5.21. The molecule has 0 spiro atoms. The Morgan fingerprint density at radius 1 is 1.06 bits per heavy atom. The summed E-state index contributed by atoms with van der Waals surface area (Å²) < 4.78 is 8.16. The van der Waals surface area contributed by atoms with Crippen LogP contribution in [0.4, 0.5) is 0 Å². The average molecular weight is 439 g/mol. The number of primary amides is 1. The summed E-state index contributed by atoms with van der Waals surface area (Å²) in [6.07, 6.45) is 0.904. The van der Waals surface area contributed by atoms with Gasteiger partial charge in [0.2, 0.25) is 5.91 Å². The topological polar surface area (TPSA) is 86.9 Å². The minimum absolute atomic E-state index is 0.0665. The number of aromatic nitrogens is 3. The number of benzene rings is 2. The van der Waals surface area contributed by atoms with Crippen molar-refractivity contribution < 1.29 is 9.21 Å². The summed E-state index contributed by atoms with van der Waals surface area (Å²) in [6, 6.07) is 18.3. The Labute approximate surface area is 192 Å². The molecule has 5 aromatic rings. The molecule has 5 rings (SSSR count). The van der Waals surface area contributed by atoms with Gasteiger partial charge in [0.05, 0.1) is 13.0 Å². The van der Waals surface area contributed by atoms with Gasteiger partial charge >= 0.3 is 0 Å². The molecule has 6 heteroatoms. The molecule has 0 saturated carbocycles. The Morgan fingerprint density at radius 2 is 1.82 bits per heavy atom. The number of furan rings is 1. The van der Waals surface area contributed by atoms with Crippen molar-refractivity contribution in [3.8, 4) is 11.1 Å². The number of imidazole rings is 1. The van der Waals surface area contributed by atoms with Crippen LogP contribution in [0.15, 0.2) is 59.0 Å². The van der Waals surface area contributed by atoms with Crippen LogP contribution in [0.25, 0.3) is 33.3 Å². The lowest BCUT2D eigenvalue weighted by molar-refractivity contribution is -0.117. The van der Waals surface area contributed by atoms with E-state index in [2.05, 4.69) is 48.7 Å². The quantitative estimate of drug-likeness (QED) is 0.400. The first-order chi connectivity index (χ1) is 15.9. The van der Waals surface area contributed by atoms with Crippen molar-refractivity contribution in [3.63, 3.8) is 0 Å². The minimum atomic E-state index is -0.413. The van der Waals surface area contributed by atoms with Gasteiger partial charge in [0.25, 0.3) is 0 Å². The normalized spacial score (nSPS) is 11.5. The lowest BCUT2D eigenvalue weighted by atomic mass is 9.99. The predicted octanol–water partition coefficient (Wildman–Crippen LogP) is 5.10. The van der Waals surface area contributed by atoms with Crippen LogP contribution < -0.4 is 5.73 Å². The molecule has 3 aromatic heterocycles. The van der Waals surface area contributed by atoms with Crippen molar-refractivity contribution >= 4 is 28.0 Å². The monoisotopic (exact) mass is 438 g/mol. The summed E-state index contributed by atoms with van der Waals surface area (Å²) in [5, 5.41) is 0.977. The second kappa shape index (κ2) is 8.20. The van der Waals surface area contributed by atoms with E-state index in [9.17, 15) is 4.79 Å². The number of fused-ring (bicyclic) bond motifs is 2. The first kappa shape index (κ1) is 20.9.